The van der Waals surface area contributed by atoms with E-state index in [-0.39, 0.29) is 6.54 Å². The predicted octanol–water partition coefficient (Wildman–Crippen LogP) is 0.749. The number of rotatable bonds is 5. The molecule has 0 aromatic carbocycles. The van der Waals surface area contributed by atoms with E-state index in [1.807, 2.05) is 6.26 Å². The second kappa shape index (κ2) is 7.00. The zero-order chi connectivity index (χ0) is 14.5. The summed E-state index contributed by atoms with van der Waals surface area (Å²) in [6.45, 7) is 2.49. The maximum absolute atomic E-state index is 12.0. The number of hydrogen-bond donors (Lipinski definition) is 3. The van der Waals surface area contributed by atoms with Crippen LogP contribution < -0.4 is 5.32 Å². The lowest BCUT2D eigenvalue weighted by molar-refractivity contribution is -0.139. The van der Waals surface area contributed by atoms with E-state index in [4.69, 9.17) is 5.11 Å². The third kappa shape index (κ3) is 5.28. The van der Waals surface area contributed by atoms with Crippen LogP contribution in [0.3, 0.4) is 0 Å². The predicted molar refractivity (Wildman–Crippen MR) is 74.4 cm³/mol. The van der Waals surface area contributed by atoms with E-state index < -0.39 is 23.6 Å². The zero-order valence-corrected chi connectivity index (χ0v) is 12.2. The topological polar surface area (TPSA) is 89.9 Å². The highest BCUT2D eigenvalue weighted by molar-refractivity contribution is 7.98. The zero-order valence-electron chi connectivity index (χ0n) is 11.4. The van der Waals surface area contributed by atoms with Gasteiger partial charge in [-0.25, -0.2) is 9.59 Å². The summed E-state index contributed by atoms with van der Waals surface area (Å²) in [4.78, 5) is 24.5. The summed E-state index contributed by atoms with van der Waals surface area (Å²) >= 11 is 1.54. The molecule has 1 fully saturated rings. The molecule has 1 aliphatic heterocycles. The smallest absolute Gasteiger partial charge is 0.326 e. The first-order valence-corrected chi connectivity index (χ1v) is 7.74. The Labute approximate surface area is 117 Å². The number of β-amino-alcohol motifs (C(OH)–C–C–N with tert-alkyl or cyclic N) is 1. The van der Waals surface area contributed by atoms with Crippen molar-refractivity contribution in [3.8, 4) is 0 Å². The Balaban J connectivity index is 2.54. The maximum Gasteiger partial charge on any atom is 0.326 e. The number of amides is 2. The molecule has 7 heteroatoms. The molecule has 1 rings (SSSR count). The normalized spacial score (nSPS) is 24.9. The molecule has 110 valence electrons. The second-order valence-corrected chi connectivity index (χ2v) is 6.13. The quantitative estimate of drug-likeness (QED) is 0.695. The number of aliphatic carboxylic acids is 1. The Kier molecular flexibility index (Phi) is 5.93. The molecule has 1 aliphatic rings. The van der Waals surface area contributed by atoms with E-state index in [9.17, 15) is 14.7 Å². The lowest BCUT2D eigenvalue weighted by Gasteiger charge is -2.37. The van der Waals surface area contributed by atoms with Gasteiger partial charge < -0.3 is 20.4 Å². The van der Waals surface area contributed by atoms with Gasteiger partial charge in [-0.05, 0) is 38.2 Å². The number of urea groups is 1. The summed E-state index contributed by atoms with van der Waals surface area (Å²) in [7, 11) is 0. The SMILES string of the molecule is CSCC[C@H](NC(=O)N1CCCC(C)(O)C1)C(=O)O. The summed E-state index contributed by atoms with van der Waals surface area (Å²) in [5.41, 5.74) is -0.881. The van der Waals surface area contributed by atoms with Crippen LogP contribution in [-0.2, 0) is 4.79 Å². The van der Waals surface area contributed by atoms with Crippen molar-refractivity contribution in [3.05, 3.63) is 0 Å². The first-order valence-electron chi connectivity index (χ1n) is 6.35. The van der Waals surface area contributed by atoms with Crippen LogP contribution in [0.15, 0.2) is 0 Å². The van der Waals surface area contributed by atoms with Gasteiger partial charge in [0.2, 0.25) is 0 Å². The molecule has 0 aromatic rings. The number of carboxylic acid groups (broad SMARTS) is 1. The number of hydrogen-bond acceptors (Lipinski definition) is 4. The summed E-state index contributed by atoms with van der Waals surface area (Å²) in [6, 6.07) is -1.28. The fourth-order valence-corrected chi connectivity index (χ4v) is 2.60. The number of piperidine rings is 1. The van der Waals surface area contributed by atoms with Crippen molar-refractivity contribution in [3.63, 3.8) is 0 Å². The van der Waals surface area contributed by atoms with Crippen LogP contribution in [-0.4, -0.2) is 63.9 Å². The molecular formula is C12H22N2O4S. The number of carboxylic acids is 1. The van der Waals surface area contributed by atoms with E-state index in [0.717, 1.165) is 6.42 Å². The first kappa shape index (κ1) is 16.1. The number of thioether (sulfide) groups is 1. The lowest BCUT2D eigenvalue weighted by atomic mass is 9.95. The van der Waals surface area contributed by atoms with Gasteiger partial charge in [0.15, 0.2) is 0 Å². The van der Waals surface area contributed by atoms with Crippen LogP contribution in [0, 0.1) is 0 Å². The van der Waals surface area contributed by atoms with Crippen molar-refractivity contribution in [2.45, 2.75) is 37.8 Å². The Morgan fingerprint density at radius 2 is 2.21 bits per heavy atom. The summed E-state index contributed by atoms with van der Waals surface area (Å²) in [5.74, 6) is -0.347. The Morgan fingerprint density at radius 3 is 2.74 bits per heavy atom. The minimum atomic E-state index is -1.02. The van der Waals surface area contributed by atoms with Gasteiger partial charge in [0.05, 0.1) is 12.1 Å². The highest BCUT2D eigenvalue weighted by Gasteiger charge is 2.32. The van der Waals surface area contributed by atoms with Crippen LogP contribution in [0.2, 0.25) is 0 Å². The van der Waals surface area contributed by atoms with Gasteiger partial charge in [0.25, 0.3) is 0 Å². The van der Waals surface area contributed by atoms with Crippen LogP contribution in [0.1, 0.15) is 26.2 Å². The average Bonchev–Trinajstić information content (AvgIpc) is 2.32. The molecule has 0 radical (unpaired) electrons. The summed E-state index contributed by atoms with van der Waals surface area (Å²) in [6.07, 6.45) is 3.67. The second-order valence-electron chi connectivity index (χ2n) is 5.14. The van der Waals surface area contributed by atoms with Gasteiger partial charge in [0.1, 0.15) is 6.04 Å². The molecule has 0 aliphatic carbocycles. The minimum Gasteiger partial charge on any atom is -0.480 e. The van der Waals surface area contributed by atoms with Crippen molar-refractivity contribution in [2.75, 3.05) is 25.1 Å². The maximum atomic E-state index is 12.0. The molecule has 6 nitrogen and oxygen atoms in total. The number of nitrogens with one attached hydrogen (secondary N) is 1. The highest BCUT2D eigenvalue weighted by atomic mass is 32.2. The number of carbonyl (C=O) groups excluding carboxylic acids is 1. The Morgan fingerprint density at radius 1 is 1.53 bits per heavy atom. The van der Waals surface area contributed by atoms with Crippen LogP contribution >= 0.6 is 11.8 Å². The van der Waals surface area contributed by atoms with Crippen molar-refractivity contribution in [2.24, 2.45) is 0 Å². The number of aliphatic hydroxyl groups is 1. The van der Waals surface area contributed by atoms with E-state index in [1.54, 1.807) is 18.7 Å². The number of nitrogens with zero attached hydrogens (tertiary/aromatic N) is 1. The van der Waals surface area contributed by atoms with Gasteiger partial charge in [-0.3, -0.25) is 0 Å². The molecule has 1 unspecified atom stereocenters. The van der Waals surface area contributed by atoms with E-state index >= 15 is 0 Å². The Bertz CT molecular complexity index is 336. The van der Waals surface area contributed by atoms with Crippen molar-refractivity contribution < 1.29 is 19.8 Å². The van der Waals surface area contributed by atoms with E-state index in [0.29, 0.717) is 25.1 Å². The van der Waals surface area contributed by atoms with Crippen molar-refractivity contribution in [1.82, 2.24) is 10.2 Å². The largest absolute Gasteiger partial charge is 0.480 e. The molecule has 0 saturated carbocycles. The van der Waals surface area contributed by atoms with Gasteiger partial charge in [-0.1, -0.05) is 0 Å². The highest BCUT2D eigenvalue weighted by Crippen LogP contribution is 2.20. The van der Waals surface area contributed by atoms with E-state index in [2.05, 4.69) is 5.32 Å². The standard InChI is InChI=1S/C12H22N2O4S/c1-12(18)5-3-6-14(8-12)11(17)13-9(10(15)16)4-7-19-2/h9,18H,3-8H2,1-2H3,(H,13,17)(H,15,16)/t9-,12?/m0/s1. The summed E-state index contributed by atoms with van der Waals surface area (Å²) < 4.78 is 0. The fraction of sp³-hybridized carbons (Fsp3) is 0.833. The number of carbonyl (C=O) groups is 2. The number of likely N-dealkylation sites (tertiary alicyclic amines) is 1. The van der Waals surface area contributed by atoms with Gasteiger partial charge in [0, 0.05) is 6.54 Å². The molecule has 1 saturated heterocycles. The fourth-order valence-electron chi connectivity index (χ4n) is 2.13. The van der Waals surface area contributed by atoms with Crippen LogP contribution in [0.4, 0.5) is 4.79 Å². The van der Waals surface area contributed by atoms with Crippen LogP contribution in [0.5, 0.6) is 0 Å². The molecule has 0 bridgehead atoms. The van der Waals surface area contributed by atoms with Gasteiger partial charge >= 0.3 is 12.0 Å². The van der Waals surface area contributed by atoms with E-state index in [1.165, 1.54) is 4.90 Å². The lowest BCUT2D eigenvalue weighted by Crippen LogP contribution is -2.54. The molecule has 0 aromatic heterocycles. The summed E-state index contributed by atoms with van der Waals surface area (Å²) in [5, 5.41) is 21.5. The van der Waals surface area contributed by atoms with Gasteiger partial charge in [-0.2, -0.15) is 11.8 Å². The minimum absolute atomic E-state index is 0.244. The molecule has 3 N–H and O–H groups in total. The molecule has 0 spiro atoms. The molecular weight excluding hydrogens is 268 g/mol. The molecule has 19 heavy (non-hydrogen) atoms. The van der Waals surface area contributed by atoms with Crippen molar-refractivity contribution >= 4 is 23.8 Å². The average molecular weight is 290 g/mol. The molecule has 1 heterocycles. The van der Waals surface area contributed by atoms with Crippen molar-refractivity contribution in [1.29, 1.82) is 0 Å². The third-order valence-electron chi connectivity index (χ3n) is 3.17. The monoisotopic (exact) mass is 290 g/mol. The molecule has 2 amide bonds. The third-order valence-corrected chi connectivity index (χ3v) is 3.81. The molecule has 2 atom stereocenters. The van der Waals surface area contributed by atoms with Crippen LogP contribution in [0.25, 0.3) is 0 Å². The van der Waals surface area contributed by atoms with Gasteiger partial charge in [-0.15, -0.1) is 0 Å². The first-order chi connectivity index (χ1) is 8.85. The Hall–Kier alpha value is -0.950.